The molecule has 1 saturated heterocycles. The maximum Gasteiger partial charge on any atom is 0.276 e. The fourth-order valence-corrected chi connectivity index (χ4v) is 4.01. The van der Waals surface area contributed by atoms with Crippen LogP contribution in [0.15, 0.2) is 59.1 Å². The molecule has 3 heterocycles. The number of rotatable bonds is 6. The first-order valence-electron chi connectivity index (χ1n) is 10.7. The number of fused-ring (bicyclic) bond motifs is 1. The Morgan fingerprint density at radius 3 is 2.75 bits per heavy atom. The second-order valence-electron chi connectivity index (χ2n) is 7.85. The van der Waals surface area contributed by atoms with E-state index in [9.17, 15) is 4.79 Å². The first-order valence-corrected chi connectivity index (χ1v) is 10.7. The zero-order valence-corrected chi connectivity index (χ0v) is 17.8. The Labute approximate surface area is 185 Å². The lowest BCUT2D eigenvalue weighted by Gasteiger charge is -2.30. The number of methoxy groups -OCH3 is 1. The molecular formula is C24H24N4O4. The van der Waals surface area contributed by atoms with E-state index in [1.165, 1.54) is 0 Å². The van der Waals surface area contributed by atoms with Gasteiger partial charge in [-0.15, -0.1) is 0 Å². The Hall–Kier alpha value is -3.81. The number of imidazole rings is 1. The zero-order valence-electron chi connectivity index (χ0n) is 17.8. The number of hydrogen-bond donors (Lipinski definition) is 1. The van der Waals surface area contributed by atoms with Crippen molar-refractivity contribution >= 4 is 16.9 Å². The number of carbonyl (C=O) groups is 1. The lowest BCUT2D eigenvalue weighted by molar-refractivity contribution is 0.0700. The molecule has 1 fully saturated rings. The number of nitrogens with zero attached hydrogens (tertiary/aromatic N) is 3. The summed E-state index contributed by atoms with van der Waals surface area (Å²) in [6.45, 7) is 1.49. The molecule has 8 nitrogen and oxygen atoms in total. The first-order chi connectivity index (χ1) is 15.7. The number of ether oxygens (including phenoxy) is 2. The maximum absolute atomic E-state index is 12.9. The third-order valence-corrected chi connectivity index (χ3v) is 5.78. The maximum atomic E-state index is 12.9. The van der Waals surface area contributed by atoms with Crippen LogP contribution in [0.5, 0.6) is 11.5 Å². The molecule has 0 bridgehead atoms. The summed E-state index contributed by atoms with van der Waals surface area (Å²) in [6, 6.07) is 17.0. The minimum atomic E-state index is -0.121. The summed E-state index contributed by atoms with van der Waals surface area (Å²) in [6.07, 6.45) is 1.71. The average molecular weight is 432 g/mol. The fourth-order valence-electron chi connectivity index (χ4n) is 4.01. The third kappa shape index (κ3) is 4.16. The number of nitrogens with one attached hydrogen (secondary N) is 1. The summed E-state index contributed by atoms with van der Waals surface area (Å²) >= 11 is 0. The van der Waals surface area contributed by atoms with Crippen molar-refractivity contribution in [2.24, 2.45) is 0 Å². The summed E-state index contributed by atoms with van der Waals surface area (Å²) in [5.41, 5.74) is 2.33. The van der Waals surface area contributed by atoms with E-state index in [4.69, 9.17) is 19.0 Å². The fraction of sp³-hybridized carbons (Fsp3) is 0.292. The predicted molar refractivity (Wildman–Crippen MR) is 118 cm³/mol. The molecule has 1 N–H and O–H groups in total. The number of aromatic nitrogens is 3. The Bertz CT molecular complexity index is 1190. The number of hydrogen-bond acceptors (Lipinski definition) is 6. The SMILES string of the molecule is COc1cccc(OCc2cc(C(=O)N3CCC(c4nc5ccccc5[nH]4)CC3)no2)c1. The van der Waals surface area contributed by atoms with E-state index in [0.29, 0.717) is 42.0 Å². The molecule has 1 aliphatic heterocycles. The molecule has 4 aromatic rings. The van der Waals surface area contributed by atoms with Gasteiger partial charge in [-0.05, 0) is 37.1 Å². The van der Waals surface area contributed by atoms with Crippen LogP contribution >= 0.6 is 0 Å². The van der Waals surface area contributed by atoms with Crippen molar-refractivity contribution in [3.63, 3.8) is 0 Å². The van der Waals surface area contributed by atoms with Crippen molar-refractivity contribution < 1.29 is 18.8 Å². The van der Waals surface area contributed by atoms with Gasteiger partial charge in [0.1, 0.15) is 23.9 Å². The molecular weight excluding hydrogens is 408 g/mol. The lowest BCUT2D eigenvalue weighted by atomic mass is 9.96. The molecule has 32 heavy (non-hydrogen) atoms. The van der Waals surface area contributed by atoms with Crippen molar-refractivity contribution in [1.29, 1.82) is 0 Å². The van der Waals surface area contributed by atoms with Gasteiger partial charge in [0, 0.05) is 31.1 Å². The average Bonchev–Trinajstić information content (AvgIpc) is 3.50. The molecule has 164 valence electrons. The van der Waals surface area contributed by atoms with Gasteiger partial charge in [0.15, 0.2) is 11.5 Å². The van der Waals surface area contributed by atoms with Gasteiger partial charge in [-0.2, -0.15) is 0 Å². The van der Waals surface area contributed by atoms with Crippen LogP contribution in [-0.4, -0.2) is 46.1 Å². The van der Waals surface area contributed by atoms with Crippen molar-refractivity contribution in [3.05, 3.63) is 71.9 Å². The van der Waals surface area contributed by atoms with Crippen LogP contribution in [0.3, 0.4) is 0 Å². The highest BCUT2D eigenvalue weighted by molar-refractivity contribution is 5.92. The number of piperidine rings is 1. The number of carbonyl (C=O) groups excluding carboxylic acids is 1. The van der Waals surface area contributed by atoms with Crippen molar-refractivity contribution in [2.75, 3.05) is 20.2 Å². The molecule has 0 atom stereocenters. The van der Waals surface area contributed by atoms with E-state index in [0.717, 1.165) is 29.7 Å². The molecule has 2 aromatic heterocycles. The molecule has 2 aromatic carbocycles. The van der Waals surface area contributed by atoms with Gasteiger partial charge < -0.3 is 23.9 Å². The summed E-state index contributed by atoms with van der Waals surface area (Å²) in [5, 5.41) is 3.95. The second-order valence-corrected chi connectivity index (χ2v) is 7.85. The number of amides is 1. The minimum Gasteiger partial charge on any atom is -0.497 e. The summed E-state index contributed by atoms with van der Waals surface area (Å²) in [5.74, 6) is 3.05. The van der Waals surface area contributed by atoms with Crippen molar-refractivity contribution in [3.8, 4) is 11.5 Å². The van der Waals surface area contributed by atoms with Crippen LogP contribution in [0.1, 0.15) is 40.8 Å². The van der Waals surface area contributed by atoms with E-state index in [2.05, 4.69) is 10.1 Å². The molecule has 5 rings (SSSR count). The number of aromatic amines is 1. The normalized spacial score (nSPS) is 14.6. The second kappa shape index (κ2) is 8.74. The standard InChI is InChI=1S/C24H24N4O4/c1-30-17-5-4-6-18(13-17)31-15-19-14-22(27-32-19)24(29)28-11-9-16(10-12-28)23-25-20-7-2-3-8-21(20)26-23/h2-8,13-14,16H,9-12,15H2,1H3,(H,25,26). The van der Waals surface area contributed by atoms with Gasteiger partial charge in [-0.3, -0.25) is 4.79 Å². The van der Waals surface area contributed by atoms with E-state index in [1.54, 1.807) is 19.2 Å². The molecule has 0 spiro atoms. The summed E-state index contributed by atoms with van der Waals surface area (Å²) in [7, 11) is 1.60. The van der Waals surface area contributed by atoms with Gasteiger partial charge in [-0.25, -0.2) is 4.98 Å². The van der Waals surface area contributed by atoms with Gasteiger partial charge >= 0.3 is 0 Å². The van der Waals surface area contributed by atoms with E-state index in [1.807, 2.05) is 47.4 Å². The lowest BCUT2D eigenvalue weighted by Crippen LogP contribution is -2.38. The van der Waals surface area contributed by atoms with E-state index >= 15 is 0 Å². The Balaban J connectivity index is 1.17. The first kappa shape index (κ1) is 20.1. The van der Waals surface area contributed by atoms with Gasteiger partial charge in [0.25, 0.3) is 5.91 Å². The highest BCUT2D eigenvalue weighted by Gasteiger charge is 2.28. The summed E-state index contributed by atoms with van der Waals surface area (Å²) < 4.78 is 16.2. The van der Waals surface area contributed by atoms with Crippen molar-refractivity contribution in [1.82, 2.24) is 20.0 Å². The molecule has 8 heteroatoms. The number of H-pyrrole nitrogens is 1. The van der Waals surface area contributed by atoms with Crippen LogP contribution in [0.25, 0.3) is 11.0 Å². The predicted octanol–water partition coefficient (Wildman–Crippen LogP) is 4.16. The van der Waals surface area contributed by atoms with Crippen molar-refractivity contribution in [2.45, 2.75) is 25.4 Å². The quantitative estimate of drug-likeness (QED) is 0.492. The Morgan fingerprint density at radius 1 is 1.12 bits per heavy atom. The minimum absolute atomic E-state index is 0.121. The van der Waals surface area contributed by atoms with Crippen LogP contribution in [0.4, 0.5) is 0 Å². The third-order valence-electron chi connectivity index (χ3n) is 5.78. The van der Waals surface area contributed by atoms with E-state index in [-0.39, 0.29) is 12.5 Å². The van der Waals surface area contributed by atoms with Gasteiger partial charge in [-0.1, -0.05) is 23.4 Å². The van der Waals surface area contributed by atoms with Gasteiger partial charge in [0.2, 0.25) is 0 Å². The van der Waals surface area contributed by atoms with Crippen LogP contribution in [0, 0.1) is 0 Å². The molecule has 0 radical (unpaired) electrons. The van der Waals surface area contributed by atoms with E-state index < -0.39 is 0 Å². The summed E-state index contributed by atoms with van der Waals surface area (Å²) in [4.78, 5) is 22.8. The zero-order chi connectivity index (χ0) is 21.9. The van der Waals surface area contributed by atoms with Crippen LogP contribution in [0.2, 0.25) is 0 Å². The number of likely N-dealkylation sites (tertiary alicyclic amines) is 1. The largest absolute Gasteiger partial charge is 0.497 e. The highest BCUT2D eigenvalue weighted by atomic mass is 16.5. The smallest absolute Gasteiger partial charge is 0.276 e. The monoisotopic (exact) mass is 432 g/mol. The Kier molecular flexibility index (Phi) is 5.49. The highest BCUT2D eigenvalue weighted by Crippen LogP contribution is 2.28. The van der Waals surface area contributed by atoms with Gasteiger partial charge in [0.05, 0.1) is 18.1 Å². The topological polar surface area (TPSA) is 93.5 Å². The van der Waals surface area contributed by atoms with Crippen LogP contribution < -0.4 is 9.47 Å². The Morgan fingerprint density at radius 2 is 1.94 bits per heavy atom. The molecule has 0 aliphatic carbocycles. The van der Waals surface area contributed by atoms with Crippen LogP contribution in [-0.2, 0) is 6.61 Å². The molecule has 0 unspecified atom stereocenters. The molecule has 1 amide bonds. The number of benzene rings is 2. The molecule has 0 saturated carbocycles. The molecule has 1 aliphatic rings. The number of para-hydroxylation sites is 2.